The van der Waals surface area contributed by atoms with Crippen LogP contribution in [-0.4, -0.2) is 65.3 Å². The number of benzene rings is 1. The third kappa shape index (κ3) is 5.77. The molecule has 1 aliphatic rings. The summed E-state index contributed by atoms with van der Waals surface area (Å²) in [6.45, 7) is 5.75. The molecule has 1 fully saturated rings. The highest BCUT2D eigenvalue weighted by Gasteiger charge is 2.26. The second-order valence-corrected chi connectivity index (χ2v) is 8.28. The maximum Gasteiger partial charge on any atom is 0.248 e. The van der Waals surface area contributed by atoms with Gasteiger partial charge in [-0.15, -0.1) is 0 Å². The molecule has 7 nitrogen and oxygen atoms in total. The molecule has 0 bridgehead atoms. The molecule has 0 unspecified atom stereocenters. The van der Waals surface area contributed by atoms with Crippen LogP contribution in [0.4, 0.5) is 0 Å². The number of likely N-dealkylation sites (tertiary alicyclic amines) is 1. The SMILES string of the molecule is COCCOCC(=O)N1CCC(NS(=O)(=O)c2ccc(C)c(C)c2)CC1. The van der Waals surface area contributed by atoms with Crippen molar-refractivity contribution in [3.8, 4) is 0 Å². The lowest BCUT2D eigenvalue weighted by Crippen LogP contribution is -2.47. The summed E-state index contributed by atoms with van der Waals surface area (Å²) in [6.07, 6.45) is 1.18. The second kappa shape index (κ2) is 9.45. The highest BCUT2D eigenvalue weighted by molar-refractivity contribution is 7.89. The van der Waals surface area contributed by atoms with E-state index in [4.69, 9.17) is 9.47 Å². The monoisotopic (exact) mass is 384 g/mol. The number of carbonyl (C=O) groups is 1. The van der Waals surface area contributed by atoms with E-state index < -0.39 is 10.0 Å². The molecule has 0 spiro atoms. The third-order valence-corrected chi connectivity index (χ3v) is 6.13. The Morgan fingerprint density at radius 3 is 2.50 bits per heavy atom. The minimum Gasteiger partial charge on any atom is -0.382 e. The summed E-state index contributed by atoms with van der Waals surface area (Å²) in [5.41, 5.74) is 2.00. The van der Waals surface area contributed by atoms with E-state index in [1.54, 1.807) is 24.1 Å². The summed E-state index contributed by atoms with van der Waals surface area (Å²) >= 11 is 0. The first kappa shape index (κ1) is 20.8. The second-order valence-electron chi connectivity index (χ2n) is 6.57. The van der Waals surface area contributed by atoms with E-state index in [1.165, 1.54) is 0 Å². The molecule has 1 N–H and O–H groups in total. The summed E-state index contributed by atoms with van der Waals surface area (Å²) in [4.78, 5) is 14.1. The average Bonchev–Trinajstić information content (AvgIpc) is 2.61. The number of methoxy groups -OCH3 is 1. The van der Waals surface area contributed by atoms with Crippen LogP contribution in [0.15, 0.2) is 23.1 Å². The van der Waals surface area contributed by atoms with Gasteiger partial charge in [0.1, 0.15) is 6.61 Å². The lowest BCUT2D eigenvalue weighted by Gasteiger charge is -2.32. The van der Waals surface area contributed by atoms with E-state index >= 15 is 0 Å². The molecule has 1 aromatic carbocycles. The van der Waals surface area contributed by atoms with Crippen molar-refractivity contribution in [2.75, 3.05) is 40.0 Å². The zero-order valence-electron chi connectivity index (χ0n) is 15.7. The molecule has 2 rings (SSSR count). The Kier molecular flexibility index (Phi) is 7.57. The minimum atomic E-state index is -3.55. The van der Waals surface area contributed by atoms with E-state index in [2.05, 4.69) is 4.72 Å². The van der Waals surface area contributed by atoms with Gasteiger partial charge >= 0.3 is 0 Å². The van der Waals surface area contributed by atoms with E-state index in [0.717, 1.165) is 11.1 Å². The van der Waals surface area contributed by atoms with Gasteiger partial charge in [0, 0.05) is 26.2 Å². The van der Waals surface area contributed by atoms with Gasteiger partial charge in [-0.25, -0.2) is 13.1 Å². The normalized spacial score (nSPS) is 16.0. The predicted molar refractivity (Wildman–Crippen MR) is 98.5 cm³/mol. The quantitative estimate of drug-likeness (QED) is 0.682. The van der Waals surface area contributed by atoms with Gasteiger partial charge in [0.2, 0.25) is 15.9 Å². The number of aryl methyl sites for hydroxylation is 2. The Labute approximate surface area is 155 Å². The van der Waals surface area contributed by atoms with Crippen molar-refractivity contribution in [2.45, 2.75) is 37.6 Å². The predicted octanol–water partition coefficient (Wildman–Crippen LogP) is 1.24. The minimum absolute atomic E-state index is 0.0302. The van der Waals surface area contributed by atoms with Crippen molar-refractivity contribution in [1.82, 2.24) is 9.62 Å². The fraction of sp³-hybridized carbons (Fsp3) is 0.611. The van der Waals surface area contributed by atoms with Gasteiger partial charge in [-0.1, -0.05) is 6.07 Å². The van der Waals surface area contributed by atoms with Gasteiger partial charge in [0.05, 0.1) is 18.1 Å². The zero-order chi connectivity index (χ0) is 19.2. The number of amides is 1. The number of carbonyl (C=O) groups excluding carboxylic acids is 1. The molecule has 0 saturated carbocycles. The molecule has 1 saturated heterocycles. The van der Waals surface area contributed by atoms with Crippen molar-refractivity contribution in [1.29, 1.82) is 0 Å². The largest absolute Gasteiger partial charge is 0.382 e. The Balaban J connectivity index is 1.84. The van der Waals surface area contributed by atoms with Crippen LogP contribution in [-0.2, 0) is 24.3 Å². The van der Waals surface area contributed by atoms with Gasteiger partial charge < -0.3 is 14.4 Å². The first-order valence-electron chi connectivity index (χ1n) is 8.77. The topological polar surface area (TPSA) is 84.9 Å². The van der Waals surface area contributed by atoms with Crippen LogP contribution in [0.25, 0.3) is 0 Å². The molecule has 1 amide bonds. The molecule has 0 radical (unpaired) electrons. The van der Waals surface area contributed by atoms with Crippen LogP contribution in [0.3, 0.4) is 0 Å². The lowest BCUT2D eigenvalue weighted by molar-refractivity contribution is -0.137. The van der Waals surface area contributed by atoms with Gasteiger partial charge in [0.15, 0.2) is 0 Å². The van der Waals surface area contributed by atoms with Gasteiger partial charge in [0.25, 0.3) is 0 Å². The third-order valence-electron chi connectivity index (χ3n) is 4.62. The number of rotatable bonds is 8. The molecule has 146 valence electrons. The Hall–Kier alpha value is -1.48. The van der Waals surface area contributed by atoms with Crippen molar-refractivity contribution < 1.29 is 22.7 Å². The molecular formula is C18H28N2O5S. The summed E-state index contributed by atoms with van der Waals surface area (Å²) in [5.74, 6) is -0.0726. The Morgan fingerprint density at radius 2 is 1.88 bits per heavy atom. The maximum atomic E-state index is 12.6. The van der Waals surface area contributed by atoms with Crippen LogP contribution >= 0.6 is 0 Å². The number of nitrogens with zero attached hydrogens (tertiary/aromatic N) is 1. The van der Waals surface area contributed by atoms with Gasteiger partial charge in [-0.3, -0.25) is 4.79 Å². The molecule has 1 aromatic rings. The number of hydrogen-bond acceptors (Lipinski definition) is 5. The molecule has 0 atom stereocenters. The summed E-state index contributed by atoms with van der Waals surface area (Å²) in [7, 11) is -1.97. The molecule has 8 heteroatoms. The molecule has 26 heavy (non-hydrogen) atoms. The highest BCUT2D eigenvalue weighted by Crippen LogP contribution is 2.18. The van der Waals surface area contributed by atoms with Crippen LogP contribution in [0, 0.1) is 13.8 Å². The molecule has 0 aromatic heterocycles. The van der Waals surface area contributed by atoms with E-state index in [0.29, 0.717) is 39.1 Å². The molecule has 0 aliphatic carbocycles. The van der Waals surface area contributed by atoms with Crippen LogP contribution in [0.1, 0.15) is 24.0 Å². The van der Waals surface area contributed by atoms with E-state index in [9.17, 15) is 13.2 Å². The number of hydrogen-bond donors (Lipinski definition) is 1. The van der Waals surface area contributed by atoms with Crippen LogP contribution in [0.5, 0.6) is 0 Å². The number of sulfonamides is 1. The van der Waals surface area contributed by atoms with Crippen LogP contribution < -0.4 is 4.72 Å². The Morgan fingerprint density at radius 1 is 1.19 bits per heavy atom. The number of ether oxygens (including phenoxy) is 2. The summed E-state index contributed by atoms with van der Waals surface area (Å²) in [6, 6.07) is 4.96. The van der Waals surface area contributed by atoms with Gasteiger partial charge in [-0.05, 0) is 49.9 Å². The summed E-state index contributed by atoms with van der Waals surface area (Å²) in [5, 5.41) is 0. The van der Waals surface area contributed by atoms with Crippen LogP contribution in [0.2, 0.25) is 0 Å². The van der Waals surface area contributed by atoms with Crippen molar-refractivity contribution in [2.24, 2.45) is 0 Å². The van der Waals surface area contributed by atoms with E-state index in [1.807, 2.05) is 19.9 Å². The molecular weight excluding hydrogens is 356 g/mol. The first-order valence-corrected chi connectivity index (χ1v) is 10.3. The number of piperidine rings is 1. The molecule has 1 aliphatic heterocycles. The lowest BCUT2D eigenvalue weighted by atomic mass is 10.1. The first-order chi connectivity index (χ1) is 12.3. The number of nitrogens with one attached hydrogen (secondary N) is 1. The van der Waals surface area contributed by atoms with Crippen molar-refractivity contribution in [3.05, 3.63) is 29.3 Å². The molecule has 1 heterocycles. The average molecular weight is 384 g/mol. The standard InChI is InChI=1S/C18H28N2O5S/c1-14-4-5-17(12-15(14)2)26(22,23)19-16-6-8-20(9-7-16)18(21)13-25-11-10-24-3/h4-5,12,16,19H,6-11,13H2,1-3H3. The smallest absolute Gasteiger partial charge is 0.248 e. The fourth-order valence-electron chi connectivity index (χ4n) is 2.81. The van der Waals surface area contributed by atoms with Crippen molar-refractivity contribution in [3.63, 3.8) is 0 Å². The van der Waals surface area contributed by atoms with E-state index in [-0.39, 0.29) is 23.5 Å². The zero-order valence-corrected chi connectivity index (χ0v) is 16.5. The van der Waals surface area contributed by atoms with Gasteiger partial charge in [-0.2, -0.15) is 0 Å². The highest BCUT2D eigenvalue weighted by atomic mass is 32.2. The fourth-order valence-corrected chi connectivity index (χ4v) is 4.20. The maximum absolute atomic E-state index is 12.6. The Bertz CT molecular complexity index is 712. The summed E-state index contributed by atoms with van der Waals surface area (Å²) < 4.78 is 38.0. The van der Waals surface area contributed by atoms with Crippen molar-refractivity contribution >= 4 is 15.9 Å².